The number of pyridine rings is 1. The van der Waals surface area contributed by atoms with Crippen molar-refractivity contribution in [2.24, 2.45) is 0 Å². The summed E-state index contributed by atoms with van der Waals surface area (Å²) in [4.78, 5) is 8.81. The third-order valence-electron chi connectivity index (χ3n) is 3.98. The Balaban J connectivity index is 1.99. The average Bonchev–Trinajstić information content (AvgIpc) is 3.08. The number of anilines is 1. The molecule has 0 aliphatic carbocycles. The molecule has 3 heterocycles. The van der Waals surface area contributed by atoms with E-state index in [2.05, 4.69) is 20.4 Å². The molecular formula is C18H15N5O2S. The molecule has 1 aromatic carbocycles. The van der Waals surface area contributed by atoms with Crippen LogP contribution in [0.15, 0.2) is 76.9 Å². The van der Waals surface area contributed by atoms with Crippen LogP contribution in [0.3, 0.4) is 0 Å². The van der Waals surface area contributed by atoms with Crippen molar-refractivity contribution in [3.05, 3.63) is 67.1 Å². The lowest BCUT2D eigenvalue weighted by Crippen LogP contribution is -2.05. The van der Waals surface area contributed by atoms with Crippen LogP contribution in [0, 0.1) is 0 Å². The Hall–Kier alpha value is -3.26. The van der Waals surface area contributed by atoms with Gasteiger partial charge in [-0.1, -0.05) is 18.2 Å². The van der Waals surface area contributed by atoms with E-state index >= 15 is 0 Å². The Bertz CT molecular complexity index is 1170. The fourth-order valence-electron chi connectivity index (χ4n) is 2.72. The molecule has 0 saturated heterocycles. The van der Waals surface area contributed by atoms with Gasteiger partial charge in [0.1, 0.15) is 0 Å². The quantitative estimate of drug-likeness (QED) is 0.598. The SMILES string of the molecule is CNc1nn2ccc(-c3ccncc3)nc2c1S(=O)(=O)c1ccccc1. The number of hydrogen-bond acceptors (Lipinski definition) is 6. The van der Waals surface area contributed by atoms with E-state index in [1.54, 1.807) is 62.0 Å². The van der Waals surface area contributed by atoms with Crippen LogP contribution in [-0.4, -0.2) is 35.0 Å². The standard InChI is InChI=1S/C18H15N5O2S/c1-19-17-16(26(24,25)14-5-3-2-4-6-14)18-21-15(9-12-23(18)22-17)13-7-10-20-11-8-13/h2-12H,1H3,(H,19,22). The highest BCUT2D eigenvalue weighted by Crippen LogP contribution is 2.31. The predicted molar refractivity (Wildman–Crippen MR) is 97.7 cm³/mol. The molecule has 4 rings (SSSR count). The summed E-state index contributed by atoms with van der Waals surface area (Å²) in [5.74, 6) is 0.258. The fraction of sp³-hybridized carbons (Fsp3) is 0.0556. The third-order valence-corrected chi connectivity index (χ3v) is 5.78. The summed E-state index contributed by atoms with van der Waals surface area (Å²) in [5, 5.41) is 7.17. The molecule has 130 valence electrons. The van der Waals surface area contributed by atoms with Gasteiger partial charge in [-0.3, -0.25) is 4.98 Å². The number of nitrogens with zero attached hydrogens (tertiary/aromatic N) is 4. The van der Waals surface area contributed by atoms with E-state index in [1.165, 1.54) is 4.52 Å². The highest BCUT2D eigenvalue weighted by molar-refractivity contribution is 7.91. The second kappa shape index (κ2) is 6.23. The second-order valence-electron chi connectivity index (χ2n) is 5.56. The molecule has 0 aliphatic heterocycles. The topological polar surface area (TPSA) is 89.2 Å². The molecule has 0 radical (unpaired) electrons. The van der Waals surface area contributed by atoms with Crippen LogP contribution in [0.4, 0.5) is 5.82 Å². The first kappa shape index (κ1) is 16.2. The monoisotopic (exact) mass is 365 g/mol. The summed E-state index contributed by atoms with van der Waals surface area (Å²) in [7, 11) is -2.15. The predicted octanol–water partition coefficient (Wildman–Crippen LogP) is 2.67. The van der Waals surface area contributed by atoms with Gasteiger partial charge in [-0.05, 0) is 30.3 Å². The first-order valence-corrected chi connectivity index (χ1v) is 9.37. The van der Waals surface area contributed by atoms with E-state index in [9.17, 15) is 8.42 Å². The third kappa shape index (κ3) is 2.60. The van der Waals surface area contributed by atoms with Crippen molar-refractivity contribution < 1.29 is 8.42 Å². The molecule has 7 nitrogen and oxygen atoms in total. The molecule has 0 bridgehead atoms. The van der Waals surface area contributed by atoms with Crippen molar-refractivity contribution in [1.82, 2.24) is 19.6 Å². The van der Waals surface area contributed by atoms with Gasteiger partial charge in [0.25, 0.3) is 0 Å². The Morgan fingerprint density at radius 2 is 1.73 bits per heavy atom. The van der Waals surface area contributed by atoms with Crippen LogP contribution < -0.4 is 5.32 Å². The lowest BCUT2D eigenvalue weighted by Gasteiger charge is -2.06. The highest BCUT2D eigenvalue weighted by Gasteiger charge is 2.28. The summed E-state index contributed by atoms with van der Waals surface area (Å²) >= 11 is 0. The van der Waals surface area contributed by atoms with Crippen LogP contribution in [0.2, 0.25) is 0 Å². The van der Waals surface area contributed by atoms with Crippen LogP contribution in [0.25, 0.3) is 16.9 Å². The minimum absolute atomic E-state index is 0.0575. The van der Waals surface area contributed by atoms with E-state index in [-0.39, 0.29) is 21.3 Å². The number of hydrogen-bond donors (Lipinski definition) is 1. The maximum atomic E-state index is 13.2. The summed E-state index contributed by atoms with van der Waals surface area (Å²) in [5.41, 5.74) is 1.76. The average molecular weight is 365 g/mol. The number of fused-ring (bicyclic) bond motifs is 1. The van der Waals surface area contributed by atoms with Crippen molar-refractivity contribution in [3.63, 3.8) is 0 Å². The van der Waals surface area contributed by atoms with Gasteiger partial charge in [-0.15, -0.1) is 5.10 Å². The van der Waals surface area contributed by atoms with Gasteiger partial charge in [0.2, 0.25) is 9.84 Å². The largest absolute Gasteiger partial charge is 0.370 e. The first-order chi connectivity index (χ1) is 12.6. The maximum Gasteiger partial charge on any atom is 0.214 e. The second-order valence-corrected chi connectivity index (χ2v) is 7.45. The van der Waals surface area contributed by atoms with Crippen molar-refractivity contribution in [2.75, 3.05) is 12.4 Å². The number of nitrogens with one attached hydrogen (secondary N) is 1. The molecule has 0 unspecified atom stereocenters. The van der Waals surface area contributed by atoms with Gasteiger partial charge >= 0.3 is 0 Å². The lowest BCUT2D eigenvalue weighted by molar-refractivity contribution is 0.597. The zero-order chi connectivity index (χ0) is 18.1. The van der Waals surface area contributed by atoms with Gasteiger partial charge < -0.3 is 5.32 Å². The Kier molecular flexibility index (Phi) is 3.89. The van der Waals surface area contributed by atoms with Gasteiger partial charge in [0, 0.05) is 31.2 Å². The molecule has 0 spiro atoms. The number of aromatic nitrogens is 4. The molecule has 4 aromatic rings. The van der Waals surface area contributed by atoms with E-state index < -0.39 is 9.84 Å². The molecule has 3 aromatic heterocycles. The lowest BCUT2D eigenvalue weighted by atomic mass is 10.2. The molecule has 0 aliphatic rings. The van der Waals surface area contributed by atoms with Gasteiger partial charge in [0.05, 0.1) is 10.6 Å². The molecule has 0 atom stereocenters. The van der Waals surface area contributed by atoms with E-state index in [0.717, 1.165) is 5.56 Å². The molecule has 0 amide bonds. The van der Waals surface area contributed by atoms with E-state index in [4.69, 9.17) is 0 Å². The van der Waals surface area contributed by atoms with E-state index in [0.29, 0.717) is 5.69 Å². The summed E-state index contributed by atoms with van der Waals surface area (Å²) in [6.07, 6.45) is 5.03. The molecule has 1 N–H and O–H groups in total. The Morgan fingerprint density at radius 1 is 1.00 bits per heavy atom. The van der Waals surface area contributed by atoms with Crippen LogP contribution in [-0.2, 0) is 9.84 Å². The van der Waals surface area contributed by atoms with Gasteiger partial charge in [-0.25, -0.2) is 17.9 Å². The van der Waals surface area contributed by atoms with Crippen LogP contribution in [0.5, 0.6) is 0 Å². The molecule has 0 fully saturated rings. The van der Waals surface area contributed by atoms with Crippen molar-refractivity contribution in [3.8, 4) is 11.3 Å². The number of sulfone groups is 1. The zero-order valence-corrected chi connectivity index (χ0v) is 14.7. The fourth-order valence-corrected chi connectivity index (χ4v) is 4.25. The molecule has 8 heteroatoms. The first-order valence-electron chi connectivity index (χ1n) is 7.89. The zero-order valence-electron chi connectivity index (χ0n) is 13.9. The van der Waals surface area contributed by atoms with Crippen molar-refractivity contribution in [2.45, 2.75) is 9.79 Å². The van der Waals surface area contributed by atoms with Crippen LogP contribution >= 0.6 is 0 Å². The highest BCUT2D eigenvalue weighted by atomic mass is 32.2. The summed E-state index contributed by atoms with van der Waals surface area (Å²) < 4.78 is 27.9. The van der Waals surface area contributed by atoms with Crippen LogP contribution in [0.1, 0.15) is 0 Å². The van der Waals surface area contributed by atoms with Gasteiger partial charge in [0.15, 0.2) is 16.4 Å². The number of benzene rings is 1. The van der Waals surface area contributed by atoms with E-state index in [1.807, 2.05) is 12.1 Å². The number of rotatable bonds is 4. The summed E-state index contributed by atoms with van der Waals surface area (Å²) in [6, 6.07) is 13.7. The van der Waals surface area contributed by atoms with Gasteiger partial charge in [-0.2, -0.15) is 0 Å². The smallest absolute Gasteiger partial charge is 0.214 e. The molecule has 26 heavy (non-hydrogen) atoms. The van der Waals surface area contributed by atoms with Crippen molar-refractivity contribution in [1.29, 1.82) is 0 Å². The minimum Gasteiger partial charge on any atom is -0.370 e. The summed E-state index contributed by atoms with van der Waals surface area (Å²) in [6.45, 7) is 0. The maximum absolute atomic E-state index is 13.2. The Labute approximate surface area is 150 Å². The minimum atomic E-state index is -3.78. The molecule has 0 saturated carbocycles. The molecular weight excluding hydrogens is 350 g/mol. The normalized spacial score (nSPS) is 11.6. The Morgan fingerprint density at radius 3 is 2.42 bits per heavy atom. The van der Waals surface area contributed by atoms with Crippen molar-refractivity contribution >= 4 is 21.3 Å².